The molecule has 11 atom stereocenters. The van der Waals surface area contributed by atoms with Crippen molar-refractivity contribution in [2.45, 2.75) is 169 Å². The average Bonchev–Trinajstić information content (AvgIpc) is 3.48. The molecule has 4 N–H and O–H groups in total. The predicted molar refractivity (Wildman–Crippen MR) is 249 cm³/mol. The number of H-pyrrole nitrogens is 1. The molecule has 4 aliphatic carbocycles. The van der Waals surface area contributed by atoms with Crippen LogP contribution in [0.1, 0.15) is 147 Å². The number of benzene rings is 1. The molecule has 5 fully saturated rings. The number of epoxide rings is 1. The number of aromatic nitrogens is 2. The first-order valence-corrected chi connectivity index (χ1v) is 24.7. The van der Waals surface area contributed by atoms with Gasteiger partial charge in [0.2, 0.25) is 0 Å². The van der Waals surface area contributed by atoms with Gasteiger partial charge in [0, 0.05) is 73.2 Å². The number of nitrogens with zero attached hydrogens (tertiary/aromatic N) is 1. The number of carbonyl (C=O) groups is 2. The van der Waals surface area contributed by atoms with Crippen LogP contribution in [0.15, 0.2) is 41.6 Å². The second-order valence-corrected chi connectivity index (χ2v) is 22.8. The van der Waals surface area contributed by atoms with E-state index in [1.165, 1.54) is 27.9 Å². The van der Waals surface area contributed by atoms with Crippen LogP contribution in [0, 0.1) is 52.3 Å². The molecule has 0 spiro atoms. The van der Waals surface area contributed by atoms with E-state index in [4.69, 9.17) is 9.47 Å². The Labute approximate surface area is 376 Å². The zero-order chi connectivity index (χ0) is 45.0. The summed E-state index contributed by atoms with van der Waals surface area (Å²) in [7, 11) is 1.97. The number of Topliss-reactive ketones (excluding diaryl/α,β-unsaturated/α-hetero) is 2. The van der Waals surface area contributed by atoms with E-state index in [9.17, 15) is 19.8 Å². The number of fused-ring (bicyclic) bond motifs is 6. The Morgan fingerprint density at radius 3 is 2.44 bits per heavy atom. The number of rotatable bonds is 13. The molecule has 9 rings (SSSR count). The predicted octanol–water partition coefficient (Wildman–Crippen LogP) is 9.17. The van der Waals surface area contributed by atoms with Crippen molar-refractivity contribution in [1.82, 2.24) is 14.9 Å². The number of aliphatic hydroxyl groups excluding tert-OH is 2. The van der Waals surface area contributed by atoms with Crippen LogP contribution in [0.2, 0.25) is 0 Å². The number of ketones is 2. The van der Waals surface area contributed by atoms with Crippen molar-refractivity contribution in [2.75, 3.05) is 26.8 Å². The molecule has 3 saturated carbocycles. The number of ether oxygens (including phenoxy) is 2. The van der Waals surface area contributed by atoms with Gasteiger partial charge in [-0.3, -0.25) is 9.59 Å². The molecular weight excluding hydrogens is 787 g/mol. The SMILES string of the molecule is CCc1c(Cc2cc(C)cc(C3CCOCC3)c2)c2[nH]ccc2n1C[C@H]1C2=C([C@H](C)C[C@@H](O)[C@H]3OC3(C)C)C(=O)C[C@]2(C)[C@@]2(C)CC[C@@H]3[C@@](C)(CCC(=O)[C@@]3(C)CCNC)[C@H]2[C@@H]1O. The summed E-state index contributed by atoms with van der Waals surface area (Å²) in [6.45, 7) is 22.9. The highest BCUT2D eigenvalue weighted by atomic mass is 16.6. The number of nitrogens with one attached hydrogen (secondary N) is 2. The lowest BCUT2D eigenvalue weighted by Gasteiger charge is -2.70. The largest absolute Gasteiger partial charge is 0.392 e. The van der Waals surface area contributed by atoms with Crippen LogP contribution in [-0.4, -0.2) is 82.0 Å². The van der Waals surface area contributed by atoms with E-state index < -0.39 is 23.0 Å². The summed E-state index contributed by atoms with van der Waals surface area (Å²) in [5.74, 6) is 0.533. The highest BCUT2D eigenvalue weighted by Crippen LogP contribution is 2.75. The number of aryl methyl sites for hydroxylation is 1. The van der Waals surface area contributed by atoms with Gasteiger partial charge >= 0.3 is 0 Å². The smallest absolute Gasteiger partial charge is 0.160 e. The van der Waals surface area contributed by atoms with Gasteiger partial charge in [-0.05, 0) is 149 Å². The van der Waals surface area contributed by atoms with E-state index in [0.29, 0.717) is 37.5 Å². The Morgan fingerprint density at radius 1 is 1.03 bits per heavy atom. The van der Waals surface area contributed by atoms with Gasteiger partial charge in [0.1, 0.15) is 11.9 Å². The van der Waals surface area contributed by atoms with Gasteiger partial charge < -0.3 is 34.6 Å². The minimum Gasteiger partial charge on any atom is -0.392 e. The van der Waals surface area contributed by atoms with Gasteiger partial charge in [0.15, 0.2) is 5.78 Å². The van der Waals surface area contributed by atoms with Gasteiger partial charge in [-0.15, -0.1) is 0 Å². The van der Waals surface area contributed by atoms with Crippen molar-refractivity contribution in [2.24, 2.45) is 45.3 Å². The summed E-state index contributed by atoms with van der Waals surface area (Å²) in [5.41, 5.74) is 8.80. The van der Waals surface area contributed by atoms with E-state index in [2.05, 4.69) is 93.8 Å². The Kier molecular flexibility index (Phi) is 11.5. The average molecular weight is 864 g/mol. The third-order valence-electron chi connectivity index (χ3n) is 18.9. The lowest BCUT2D eigenvalue weighted by atomic mass is 9.34. The Morgan fingerprint density at radius 2 is 1.76 bits per heavy atom. The molecule has 6 aliphatic rings. The molecule has 2 aromatic heterocycles. The van der Waals surface area contributed by atoms with Crippen LogP contribution in [-0.2, 0) is 38.4 Å². The van der Waals surface area contributed by atoms with Crippen molar-refractivity contribution in [3.05, 3.63) is 69.6 Å². The standard InChI is InChI=1S/C54H77N3O6/c1-11-38-36(28-33-24-31(2)25-35(27-33)34-15-22-62-23-16-34)46-39(14-20-56-46)57(38)30-37-45-44(32(3)26-40(58)49-50(4,5)63-49)41(59)29-54(45,9)53(8)18-12-42-51(6,19-21-55-10)43(60)13-17-52(42,7)48(53)47(37)61/h14,20,24-25,27,32,34,37,40,42,47-49,55-56,58,61H,11-13,15-19,21-23,26,28-30H2,1-10H3/t32-,37+,40-,42+,47-,48-,49-,51+,52-,53+,54+/m1/s1. The molecule has 2 saturated heterocycles. The molecule has 3 aromatic rings. The molecule has 1 aromatic carbocycles. The summed E-state index contributed by atoms with van der Waals surface area (Å²) in [4.78, 5) is 32.7. The second-order valence-electron chi connectivity index (χ2n) is 22.8. The van der Waals surface area contributed by atoms with Crippen LogP contribution < -0.4 is 5.32 Å². The minimum absolute atomic E-state index is 0.115. The number of carbonyl (C=O) groups excluding carboxylic acids is 2. The Bertz CT molecular complexity index is 2300. The zero-order valence-electron chi connectivity index (χ0n) is 40.1. The second kappa shape index (κ2) is 16.1. The van der Waals surface area contributed by atoms with Crippen molar-refractivity contribution < 1.29 is 29.3 Å². The number of hydrogen-bond donors (Lipinski definition) is 4. The summed E-state index contributed by atoms with van der Waals surface area (Å²) in [5, 5.41) is 28.5. The lowest BCUT2D eigenvalue weighted by Crippen LogP contribution is -2.68. The van der Waals surface area contributed by atoms with Crippen LogP contribution in [0.5, 0.6) is 0 Å². The number of hydrogen-bond acceptors (Lipinski definition) is 7. The maximum Gasteiger partial charge on any atom is 0.160 e. The molecule has 0 amide bonds. The fraction of sp³-hybridized carbons (Fsp3) is 0.704. The normalized spacial score (nSPS) is 36.3. The van der Waals surface area contributed by atoms with E-state index in [-0.39, 0.29) is 52.0 Å². The van der Waals surface area contributed by atoms with Gasteiger partial charge in [0.25, 0.3) is 0 Å². The minimum atomic E-state index is -0.736. The van der Waals surface area contributed by atoms with Crippen LogP contribution in [0.4, 0.5) is 0 Å². The van der Waals surface area contributed by atoms with Gasteiger partial charge in [-0.25, -0.2) is 0 Å². The number of aromatic amines is 1. The van der Waals surface area contributed by atoms with E-state index >= 15 is 0 Å². The zero-order valence-corrected chi connectivity index (χ0v) is 40.1. The molecule has 9 heteroatoms. The quantitative estimate of drug-likeness (QED) is 0.126. The fourth-order valence-corrected chi connectivity index (χ4v) is 15.6. The van der Waals surface area contributed by atoms with Crippen LogP contribution >= 0.6 is 0 Å². The molecule has 0 bridgehead atoms. The molecule has 344 valence electrons. The lowest BCUT2D eigenvalue weighted by molar-refractivity contribution is -0.222. The molecule has 4 heterocycles. The fourth-order valence-electron chi connectivity index (χ4n) is 15.6. The summed E-state index contributed by atoms with van der Waals surface area (Å²) in [6.07, 6.45) is 8.79. The monoisotopic (exact) mass is 864 g/mol. The highest BCUT2D eigenvalue weighted by Gasteiger charge is 2.72. The maximum absolute atomic E-state index is 15.0. The molecule has 0 unspecified atom stereocenters. The number of allylic oxidation sites excluding steroid dienone is 1. The van der Waals surface area contributed by atoms with E-state index in [1.54, 1.807) is 0 Å². The molecule has 9 nitrogen and oxygen atoms in total. The first kappa shape index (κ1) is 45.1. The van der Waals surface area contributed by atoms with E-state index in [0.717, 1.165) is 93.3 Å². The van der Waals surface area contributed by atoms with Gasteiger partial charge in [-0.1, -0.05) is 65.3 Å². The van der Waals surface area contributed by atoms with Crippen LogP contribution in [0.25, 0.3) is 11.0 Å². The van der Waals surface area contributed by atoms with Crippen molar-refractivity contribution >= 4 is 22.6 Å². The topological polar surface area (TPSA) is 129 Å². The Hall–Kier alpha value is -3.08. The van der Waals surface area contributed by atoms with Gasteiger partial charge in [0.05, 0.1) is 28.8 Å². The van der Waals surface area contributed by atoms with Crippen molar-refractivity contribution in [1.29, 1.82) is 0 Å². The third kappa shape index (κ3) is 7.02. The summed E-state index contributed by atoms with van der Waals surface area (Å²) < 4.78 is 14.1. The Balaban J connectivity index is 1.17. The molecule has 0 radical (unpaired) electrons. The highest BCUT2D eigenvalue weighted by molar-refractivity contribution is 6.01. The van der Waals surface area contributed by atoms with E-state index in [1.807, 2.05) is 20.9 Å². The molecule has 2 aliphatic heterocycles. The van der Waals surface area contributed by atoms with Crippen molar-refractivity contribution in [3.8, 4) is 0 Å². The van der Waals surface area contributed by atoms with Crippen LogP contribution in [0.3, 0.4) is 0 Å². The third-order valence-corrected chi connectivity index (χ3v) is 18.9. The summed E-state index contributed by atoms with van der Waals surface area (Å²) in [6, 6.07) is 9.33. The molecular formula is C54H77N3O6. The summed E-state index contributed by atoms with van der Waals surface area (Å²) >= 11 is 0. The first-order valence-electron chi connectivity index (χ1n) is 24.7. The first-order chi connectivity index (χ1) is 29.8. The number of aliphatic hydroxyl groups is 2. The van der Waals surface area contributed by atoms with Gasteiger partial charge in [-0.2, -0.15) is 0 Å². The maximum atomic E-state index is 15.0. The molecule has 63 heavy (non-hydrogen) atoms. The van der Waals surface area contributed by atoms with Crippen molar-refractivity contribution in [3.63, 3.8) is 0 Å².